The van der Waals surface area contributed by atoms with Crippen LogP contribution in [0.3, 0.4) is 0 Å². The summed E-state index contributed by atoms with van der Waals surface area (Å²) in [6.45, 7) is 3.79. The van der Waals surface area contributed by atoms with E-state index in [0.717, 1.165) is 16.7 Å². The molecule has 3 nitrogen and oxygen atoms in total. The minimum Gasteiger partial charge on any atom is -0.465 e. The maximum absolute atomic E-state index is 11.4. The molecule has 0 aliphatic carbocycles. The molecule has 0 atom stereocenters. The summed E-state index contributed by atoms with van der Waals surface area (Å²) >= 11 is 0. The highest BCUT2D eigenvalue weighted by atomic mass is 16.5. The van der Waals surface area contributed by atoms with Crippen LogP contribution in [-0.2, 0) is 11.2 Å². The van der Waals surface area contributed by atoms with Gasteiger partial charge in [-0.3, -0.25) is 0 Å². The molecule has 0 bridgehead atoms. The van der Waals surface area contributed by atoms with Gasteiger partial charge in [0, 0.05) is 0 Å². The lowest BCUT2D eigenvalue weighted by atomic mass is 9.98. The number of esters is 1. The van der Waals surface area contributed by atoms with Crippen LogP contribution in [0.25, 0.3) is 0 Å². The molecule has 0 unspecified atom stereocenters. The van der Waals surface area contributed by atoms with Gasteiger partial charge in [0.15, 0.2) is 0 Å². The van der Waals surface area contributed by atoms with E-state index in [-0.39, 0.29) is 5.97 Å². The van der Waals surface area contributed by atoms with Crippen molar-refractivity contribution in [2.24, 2.45) is 0 Å². The smallest absolute Gasteiger partial charge is 0.338 e. The maximum Gasteiger partial charge on any atom is 0.338 e. The fourth-order valence-electron chi connectivity index (χ4n) is 1.50. The van der Waals surface area contributed by atoms with Crippen molar-refractivity contribution in [1.29, 1.82) is 5.26 Å². The van der Waals surface area contributed by atoms with Gasteiger partial charge >= 0.3 is 5.97 Å². The lowest BCUT2D eigenvalue weighted by Gasteiger charge is -2.08. The molecular weight excluding hydrogens is 190 g/mol. The fraction of sp³-hybridized carbons (Fsp3) is 0.333. The van der Waals surface area contributed by atoms with Crippen LogP contribution >= 0.6 is 0 Å². The first-order valence-corrected chi connectivity index (χ1v) is 4.65. The molecule has 0 fully saturated rings. The number of hydrogen-bond donors (Lipinski definition) is 0. The van der Waals surface area contributed by atoms with Crippen molar-refractivity contribution < 1.29 is 9.53 Å². The standard InChI is InChI=1S/C12H13NO2/c1-8-6-9(2)11(12(14)15-3)7-10(8)4-5-13/h6-7H,4H2,1-3H3. The zero-order valence-corrected chi connectivity index (χ0v) is 9.13. The third kappa shape index (κ3) is 2.35. The van der Waals surface area contributed by atoms with E-state index in [1.54, 1.807) is 6.07 Å². The molecule has 78 valence electrons. The van der Waals surface area contributed by atoms with Gasteiger partial charge in [0.2, 0.25) is 0 Å². The van der Waals surface area contributed by atoms with Crippen LogP contribution in [0.2, 0.25) is 0 Å². The van der Waals surface area contributed by atoms with E-state index in [0.29, 0.717) is 12.0 Å². The minimum absolute atomic E-state index is 0.316. The zero-order valence-electron chi connectivity index (χ0n) is 9.13. The molecule has 0 heterocycles. The Hall–Kier alpha value is -1.82. The quantitative estimate of drug-likeness (QED) is 0.692. The van der Waals surface area contributed by atoms with E-state index >= 15 is 0 Å². The number of nitrogens with zero attached hydrogens (tertiary/aromatic N) is 1. The maximum atomic E-state index is 11.4. The normalized spacial score (nSPS) is 9.47. The Labute approximate surface area is 89.3 Å². The number of carbonyl (C=O) groups excluding carboxylic acids is 1. The first-order chi connectivity index (χ1) is 7.10. The van der Waals surface area contributed by atoms with Crippen LogP contribution in [0.5, 0.6) is 0 Å². The van der Waals surface area contributed by atoms with Crippen molar-refractivity contribution in [2.45, 2.75) is 20.3 Å². The Kier molecular flexibility index (Phi) is 3.46. The second-order valence-corrected chi connectivity index (χ2v) is 3.42. The molecule has 0 aromatic heterocycles. The molecule has 0 aliphatic rings. The van der Waals surface area contributed by atoms with E-state index in [2.05, 4.69) is 10.8 Å². The van der Waals surface area contributed by atoms with Crippen molar-refractivity contribution in [1.82, 2.24) is 0 Å². The van der Waals surface area contributed by atoms with Gasteiger partial charge in [-0.15, -0.1) is 0 Å². The Morgan fingerprint density at radius 3 is 2.60 bits per heavy atom. The highest BCUT2D eigenvalue weighted by molar-refractivity contribution is 5.91. The van der Waals surface area contributed by atoms with Crippen LogP contribution in [0, 0.1) is 25.2 Å². The molecular formula is C12H13NO2. The highest BCUT2D eigenvalue weighted by Crippen LogP contribution is 2.17. The van der Waals surface area contributed by atoms with Gasteiger partial charge < -0.3 is 4.74 Å². The Bertz CT molecular complexity index is 430. The monoisotopic (exact) mass is 203 g/mol. The summed E-state index contributed by atoms with van der Waals surface area (Å²) in [5.41, 5.74) is 3.32. The number of aryl methyl sites for hydroxylation is 2. The molecule has 0 N–H and O–H groups in total. The van der Waals surface area contributed by atoms with Crippen molar-refractivity contribution >= 4 is 5.97 Å². The van der Waals surface area contributed by atoms with Crippen LogP contribution in [-0.4, -0.2) is 13.1 Å². The Balaban J connectivity index is 3.24. The summed E-state index contributed by atoms with van der Waals surface area (Å²) in [6, 6.07) is 5.71. The SMILES string of the molecule is COC(=O)c1cc(CC#N)c(C)cc1C. The largest absolute Gasteiger partial charge is 0.465 e. The first-order valence-electron chi connectivity index (χ1n) is 4.65. The van der Waals surface area contributed by atoms with E-state index in [9.17, 15) is 4.79 Å². The number of ether oxygens (including phenoxy) is 1. The summed E-state index contributed by atoms with van der Waals surface area (Å²) in [5.74, 6) is -0.355. The molecule has 0 saturated carbocycles. The molecule has 0 amide bonds. The number of nitriles is 1. The molecule has 0 spiro atoms. The summed E-state index contributed by atoms with van der Waals surface area (Å²) < 4.78 is 4.67. The van der Waals surface area contributed by atoms with E-state index in [4.69, 9.17) is 5.26 Å². The van der Waals surface area contributed by atoms with Crippen LogP contribution < -0.4 is 0 Å². The average molecular weight is 203 g/mol. The third-order valence-corrected chi connectivity index (χ3v) is 2.36. The first kappa shape index (κ1) is 11.3. The summed E-state index contributed by atoms with van der Waals surface area (Å²) in [4.78, 5) is 11.4. The minimum atomic E-state index is -0.355. The van der Waals surface area contributed by atoms with Gasteiger partial charge in [-0.1, -0.05) is 6.07 Å². The van der Waals surface area contributed by atoms with E-state index in [1.807, 2.05) is 19.9 Å². The molecule has 0 saturated heterocycles. The number of methoxy groups -OCH3 is 1. The van der Waals surface area contributed by atoms with Gasteiger partial charge in [-0.2, -0.15) is 5.26 Å². The van der Waals surface area contributed by atoms with Crippen molar-refractivity contribution in [3.8, 4) is 6.07 Å². The summed E-state index contributed by atoms with van der Waals surface area (Å²) in [7, 11) is 1.35. The van der Waals surface area contributed by atoms with Gasteiger partial charge in [0.05, 0.1) is 25.2 Å². The van der Waals surface area contributed by atoms with E-state index in [1.165, 1.54) is 7.11 Å². The topological polar surface area (TPSA) is 50.1 Å². The van der Waals surface area contributed by atoms with Crippen molar-refractivity contribution in [3.05, 3.63) is 34.4 Å². The van der Waals surface area contributed by atoms with Crippen molar-refractivity contribution in [3.63, 3.8) is 0 Å². The Morgan fingerprint density at radius 1 is 1.40 bits per heavy atom. The molecule has 1 aromatic carbocycles. The van der Waals surface area contributed by atoms with Crippen molar-refractivity contribution in [2.75, 3.05) is 7.11 Å². The van der Waals surface area contributed by atoms with Crippen LogP contribution in [0.4, 0.5) is 0 Å². The molecule has 0 aliphatic heterocycles. The van der Waals surface area contributed by atoms with Gasteiger partial charge in [0.1, 0.15) is 0 Å². The molecule has 1 aromatic rings. The van der Waals surface area contributed by atoms with Gasteiger partial charge in [-0.05, 0) is 36.6 Å². The average Bonchev–Trinajstić information content (AvgIpc) is 2.21. The van der Waals surface area contributed by atoms with Gasteiger partial charge in [-0.25, -0.2) is 4.79 Å². The van der Waals surface area contributed by atoms with Gasteiger partial charge in [0.25, 0.3) is 0 Å². The molecule has 1 rings (SSSR count). The van der Waals surface area contributed by atoms with Crippen LogP contribution in [0.15, 0.2) is 12.1 Å². The summed E-state index contributed by atoms with van der Waals surface area (Å²) in [5, 5.41) is 8.63. The predicted molar refractivity (Wildman–Crippen MR) is 56.6 cm³/mol. The molecule has 3 heteroatoms. The Morgan fingerprint density at radius 2 is 2.07 bits per heavy atom. The highest BCUT2D eigenvalue weighted by Gasteiger charge is 2.11. The summed E-state index contributed by atoms with van der Waals surface area (Å²) in [6.07, 6.45) is 0.316. The third-order valence-electron chi connectivity index (χ3n) is 2.36. The fourth-order valence-corrected chi connectivity index (χ4v) is 1.50. The second-order valence-electron chi connectivity index (χ2n) is 3.42. The number of carbonyl (C=O) groups is 1. The zero-order chi connectivity index (χ0) is 11.4. The number of hydrogen-bond acceptors (Lipinski definition) is 3. The molecule has 0 radical (unpaired) electrons. The number of benzene rings is 1. The van der Waals surface area contributed by atoms with E-state index < -0.39 is 0 Å². The number of rotatable bonds is 2. The van der Waals surface area contributed by atoms with Crippen LogP contribution in [0.1, 0.15) is 27.0 Å². The second kappa shape index (κ2) is 4.61. The predicted octanol–water partition coefficient (Wildman–Crippen LogP) is 2.16. The molecule has 15 heavy (non-hydrogen) atoms. The lowest BCUT2D eigenvalue weighted by Crippen LogP contribution is -2.05. The lowest BCUT2D eigenvalue weighted by molar-refractivity contribution is 0.0600.